The van der Waals surface area contributed by atoms with Crippen LogP contribution in [-0.2, 0) is 6.54 Å². The third-order valence-electron chi connectivity index (χ3n) is 4.40. The van der Waals surface area contributed by atoms with E-state index in [1.165, 1.54) is 54.1 Å². The quantitative estimate of drug-likeness (QED) is 0.889. The Morgan fingerprint density at radius 2 is 1.89 bits per heavy atom. The van der Waals surface area contributed by atoms with E-state index < -0.39 is 0 Å². The van der Waals surface area contributed by atoms with Gasteiger partial charge in [-0.1, -0.05) is 19.8 Å². The molecule has 2 saturated carbocycles. The lowest BCUT2D eigenvalue weighted by molar-refractivity contribution is 0.347. The molecule has 3 heteroatoms. The first-order valence-corrected chi connectivity index (χ1v) is 8.23. The molecule has 0 amide bonds. The van der Waals surface area contributed by atoms with Gasteiger partial charge in [-0.25, -0.2) is 4.98 Å². The van der Waals surface area contributed by atoms with E-state index in [1.54, 1.807) is 0 Å². The highest BCUT2D eigenvalue weighted by Gasteiger charge is 2.24. The topological polar surface area (TPSA) is 24.9 Å². The Labute approximate surface area is 114 Å². The van der Waals surface area contributed by atoms with E-state index in [0.717, 1.165) is 24.4 Å². The fourth-order valence-corrected chi connectivity index (χ4v) is 4.01. The van der Waals surface area contributed by atoms with Gasteiger partial charge in [0.2, 0.25) is 0 Å². The van der Waals surface area contributed by atoms with Gasteiger partial charge in [0, 0.05) is 23.4 Å². The minimum Gasteiger partial charge on any atom is -0.309 e. The summed E-state index contributed by atoms with van der Waals surface area (Å²) < 4.78 is 0. The molecule has 3 rings (SSSR count). The Bertz CT molecular complexity index is 401. The summed E-state index contributed by atoms with van der Waals surface area (Å²) in [7, 11) is 0. The van der Waals surface area contributed by atoms with Crippen LogP contribution in [0.5, 0.6) is 0 Å². The normalized spacial score (nSPS) is 28.6. The maximum atomic E-state index is 4.84. The summed E-state index contributed by atoms with van der Waals surface area (Å²) in [6.45, 7) is 5.60. The highest BCUT2D eigenvalue weighted by Crippen LogP contribution is 2.38. The molecule has 0 saturated heterocycles. The molecule has 0 unspecified atom stereocenters. The molecule has 1 heterocycles. The number of hydrogen-bond acceptors (Lipinski definition) is 3. The van der Waals surface area contributed by atoms with Crippen molar-refractivity contribution in [3.8, 4) is 0 Å². The zero-order valence-electron chi connectivity index (χ0n) is 11.5. The number of aromatic nitrogens is 1. The standard InChI is InChI=1S/C15H24N2S/c1-10-3-5-12(6-4-10)15-17-11(2)14(18-15)9-16-13-7-8-13/h10,12-13,16H,3-9H2,1-2H3. The zero-order valence-corrected chi connectivity index (χ0v) is 12.4. The van der Waals surface area contributed by atoms with Crippen molar-refractivity contribution in [3.63, 3.8) is 0 Å². The Kier molecular flexibility index (Phi) is 3.71. The summed E-state index contributed by atoms with van der Waals surface area (Å²) in [6.07, 6.45) is 8.21. The van der Waals surface area contributed by atoms with Crippen LogP contribution >= 0.6 is 11.3 Å². The minimum absolute atomic E-state index is 0.750. The number of hydrogen-bond donors (Lipinski definition) is 1. The lowest BCUT2D eigenvalue weighted by Gasteiger charge is -2.24. The molecule has 0 bridgehead atoms. The van der Waals surface area contributed by atoms with Crippen molar-refractivity contribution in [2.45, 2.75) is 70.9 Å². The summed E-state index contributed by atoms with van der Waals surface area (Å²) in [5.41, 5.74) is 1.27. The van der Waals surface area contributed by atoms with Crippen LogP contribution in [0.1, 0.15) is 66.9 Å². The van der Waals surface area contributed by atoms with Gasteiger partial charge >= 0.3 is 0 Å². The zero-order chi connectivity index (χ0) is 12.5. The van der Waals surface area contributed by atoms with Gasteiger partial charge < -0.3 is 5.32 Å². The van der Waals surface area contributed by atoms with Gasteiger partial charge in [0.25, 0.3) is 0 Å². The molecular formula is C15H24N2S. The van der Waals surface area contributed by atoms with Crippen molar-refractivity contribution in [3.05, 3.63) is 15.6 Å². The highest BCUT2D eigenvalue weighted by molar-refractivity contribution is 7.11. The van der Waals surface area contributed by atoms with Crippen LogP contribution in [0, 0.1) is 12.8 Å². The molecule has 2 aliphatic rings. The second-order valence-corrected chi connectivity index (χ2v) is 7.29. The molecule has 1 aromatic rings. The molecule has 0 spiro atoms. The molecule has 100 valence electrons. The Balaban J connectivity index is 1.63. The first-order valence-electron chi connectivity index (χ1n) is 7.42. The second kappa shape index (κ2) is 5.30. The Hall–Kier alpha value is -0.410. The molecule has 1 aromatic heterocycles. The fourth-order valence-electron chi connectivity index (χ4n) is 2.82. The number of nitrogens with zero attached hydrogens (tertiary/aromatic N) is 1. The molecule has 0 aliphatic heterocycles. The summed E-state index contributed by atoms with van der Waals surface area (Å²) in [5, 5.41) is 5.02. The Morgan fingerprint density at radius 1 is 1.17 bits per heavy atom. The van der Waals surface area contributed by atoms with Crippen LogP contribution in [0.3, 0.4) is 0 Å². The summed E-state index contributed by atoms with van der Waals surface area (Å²) in [4.78, 5) is 6.30. The van der Waals surface area contributed by atoms with Crippen molar-refractivity contribution >= 4 is 11.3 Å². The van der Waals surface area contributed by atoms with Crippen LogP contribution in [-0.4, -0.2) is 11.0 Å². The number of thiazole rings is 1. The molecule has 1 N–H and O–H groups in total. The van der Waals surface area contributed by atoms with E-state index in [0.29, 0.717) is 0 Å². The lowest BCUT2D eigenvalue weighted by atomic mass is 9.83. The SMILES string of the molecule is Cc1nc(C2CCC(C)CC2)sc1CNC1CC1. The van der Waals surface area contributed by atoms with Gasteiger partial charge in [0.1, 0.15) is 0 Å². The van der Waals surface area contributed by atoms with E-state index in [-0.39, 0.29) is 0 Å². The van der Waals surface area contributed by atoms with Gasteiger partial charge in [-0.3, -0.25) is 0 Å². The number of aryl methyl sites for hydroxylation is 1. The van der Waals surface area contributed by atoms with Crippen LogP contribution in [0.15, 0.2) is 0 Å². The molecule has 18 heavy (non-hydrogen) atoms. The number of nitrogens with one attached hydrogen (secondary N) is 1. The summed E-state index contributed by atoms with van der Waals surface area (Å²) in [6, 6.07) is 0.797. The molecule has 0 aromatic carbocycles. The maximum Gasteiger partial charge on any atom is 0.0962 e. The Morgan fingerprint density at radius 3 is 2.56 bits per heavy atom. The third kappa shape index (κ3) is 2.94. The predicted octanol–water partition coefficient (Wildman–Crippen LogP) is 4.00. The van der Waals surface area contributed by atoms with Crippen molar-refractivity contribution in [1.82, 2.24) is 10.3 Å². The van der Waals surface area contributed by atoms with Crippen molar-refractivity contribution < 1.29 is 0 Å². The van der Waals surface area contributed by atoms with Crippen LogP contribution in [0.4, 0.5) is 0 Å². The van der Waals surface area contributed by atoms with E-state index in [2.05, 4.69) is 19.2 Å². The van der Waals surface area contributed by atoms with Gasteiger partial charge in [-0.15, -0.1) is 11.3 Å². The molecule has 0 atom stereocenters. The largest absolute Gasteiger partial charge is 0.309 e. The summed E-state index contributed by atoms with van der Waals surface area (Å²) in [5.74, 6) is 1.68. The summed E-state index contributed by atoms with van der Waals surface area (Å²) >= 11 is 1.96. The first kappa shape index (κ1) is 12.6. The van der Waals surface area contributed by atoms with Gasteiger partial charge in [-0.05, 0) is 38.5 Å². The lowest BCUT2D eigenvalue weighted by Crippen LogP contribution is -2.14. The maximum absolute atomic E-state index is 4.84. The third-order valence-corrected chi connectivity index (χ3v) is 5.72. The van der Waals surface area contributed by atoms with Crippen LogP contribution in [0.25, 0.3) is 0 Å². The van der Waals surface area contributed by atoms with Gasteiger partial charge in [0.15, 0.2) is 0 Å². The van der Waals surface area contributed by atoms with Crippen LogP contribution < -0.4 is 5.32 Å². The first-order chi connectivity index (χ1) is 8.72. The average Bonchev–Trinajstić information content (AvgIpc) is 3.12. The van der Waals surface area contributed by atoms with Crippen LogP contribution in [0.2, 0.25) is 0 Å². The monoisotopic (exact) mass is 264 g/mol. The smallest absolute Gasteiger partial charge is 0.0962 e. The van der Waals surface area contributed by atoms with E-state index >= 15 is 0 Å². The highest BCUT2D eigenvalue weighted by atomic mass is 32.1. The van der Waals surface area contributed by atoms with Gasteiger partial charge in [0.05, 0.1) is 10.7 Å². The van der Waals surface area contributed by atoms with Crippen molar-refractivity contribution in [1.29, 1.82) is 0 Å². The molecule has 2 aliphatic carbocycles. The molecule has 0 radical (unpaired) electrons. The van der Waals surface area contributed by atoms with E-state index in [1.807, 2.05) is 11.3 Å². The number of rotatable bonds is 4. The fraction of sp³-hybridized carbons (Fsp3) is 0.800. The molecular weight excluding hydrogens is 240 g/mol. The minimum atomic E-state index is 0.750. The van der Waals surface area contributed by atoms with Crippen molar-refractivity contribution in [2.24, 2.45) is 5.92 Å². The van der Waals surface area contributed by atoms with E-state index in [4.69, 9.17) is 4.98 Å². The second-order valence-electron chi connectivity index (χ2n) is 6.17. The molecule has 2 nitrogen and oxygen atoms in total. The van der Waals surface area contributed by atoms with Gasteiger partial charge in [-0.2, -0.15) is 0 Å². The van der Waals surface area contributed by atoms with E-state index in [9.17, 15) is 0 Å². The van der Waals surface area contributed by atoms with Crippen molar-refractivity contribution in [2.75, 3.05) is 0 Å². The average molecular weight is 264 g/mol. The molecule has 2 fully saturated rings. The predicted molar refractivity (Wildman–Crippen MR) is 77.1 cm³/mol.